The summed E-state index contributed by atoms with van der Waals surface area (Å²) in [6.45, 7) is 3.52. The highest BCUT2D eigenvalue weighted by atomic mass is 32.2. The van der Waals surface area contributed by atoms with Gasteiger partial charge in [-0.1, -0.05) is 17.7 Å². The summed E-state index contributed by atoms with van der Waals surface area (Å²) in [4.78, 5) is 13.3. The Morgan fingerprint density at radius 1 is 1.33 bits per heavy atom. The fraction of sp³-hybridized carbons (Fsp3) is 0.533. The van der Waals surface area contributed by atoms with E-state index in [0.29, 0.717) is 24.4 Å². The number of aryl methyl sites for hydroxylation is 1. The van der Waals surface area contributed by atoms with Crippen molar-refractivity contribution < 1.29 is 18.3 Å². The maximum atomic E-state index is 12.3. The number of carbonyl (C=O) groups is 1. The Labute approximate surface area is 125 Å². The molecule has 0 bridgehead atoms. The molecule has 0 amide bonds. The lowest BCUT2D eigenvalue weighted by Gasteiger charge is -2.30. The fourth-order valence-corrected chi connectivity index (χ4v) is 3.86. The van der Waals surface area contributed by atoms with Crippen LogP contribution in [0.5, 0.6) is 0 Å². The summed E-state index contributed by atoms with van der Waals surface area (Å²) in [5, 5.41) is 9.04. The minimum absolute atomic E-state index is 0.0302. The molecule has 1 unspecified atom stereocenters. The van der Waals surface area contributed by atoms with Crippen molar-refractivity contribution in [2.75, 3.05) is 25.4 Å². The Bertz CT molecular complexity index is 595. The van der Waals surface area contributed by atoms with Gasteiger partial charge in [0, 0.05) is 13.1 Å². The van der Waals surface area contributed by atoms with E-state index in [-0.39, 0.29) is 11.7 Å². The third kappa shape index (κ3) is 4.28. The number of rotatable bonds is 5. The summed E-state index contributed by atoms with van der Waals surface area (Å²) >= 11 is 0. The van der Waals surface area contributed by atoms with Crippen LogP contribution in [0.25, 0.3) is 0 Å². The van der Waals surface area contributed by atoms with E-state index in [2.05, 4.69) is 0 Å². The van der Waals surface area contributed by atoms with E-state index < -0.39 is 15.8 Å². The van der Waals surface area contributed by atoms with Gasteiger partial charge in [-0.2, -0.15) is 0 Å². The lowest BCUT2D eigenvalue weighted by atomic mass is 9.98. The normalized spacial score (nSPS) is 20.3. The average molecular weight is 311 g/mol. The molecule has 1 atom stereocenters. The molecule has 0 saturated carbocycles. The van der Waals surface area contributed by atoms with Crippen molar-refractivity contribution in [1.29, 1.82) is 0 Å². The van der Waals surface area contributed by atoms with Crippen molar-refractivity contribution >= 4 is 15.8 Å². The van der Waals surface area contributed by atoms with Crippen molar-refractivity contribution in [3.05, 3.63) is 29.8 Å². The summed E-state index contributed by atoms with van der Waals surface area (Å²) in [5.41, 5.74) is 1.02. The van der Waals surface area contributed by atoms with Crippen LogP contribution >= 0.6 is 0 Å². The number of carboxylic acid groups (broad SMARTS) is 1. The van der Waals surface area contributed by atoms with Crippen LogP contribution in [0, 0.1) is 12.8 Å². The molecule has 6 heteroatoms. The van der Waals surface area contributed by atoms with E-state index >= 15 is 0 Å². The highest BCUT2D eigenvalue weighted by Gasteiger charge is 2.26. The molecule has 116 valence electrons. The van der Waals surface area contributed by atoms with Crippen LogP contribution < -0.4 is 0 Å². The highest BCUT2D eigenvalue weighted by Crippen LogP contribution is 2.18. The van der Waals surface area contributed by atoms with E-state index in [1.165, 1.54) is 0 Å². The first-order chi connectivity index (χ1) is 9.88. The Balaban J connectivity index is 1.95. The largest absolute Gasteiger partial charge is 0.481 e. The summed E-state index contributed by atoms with van der Waals surface area (Å²) in [6, 6.07) is 6.82. The molecule has 1 saturated heterocycles. The molecule has 0 radical (unpaired) electrons. The second-order valence-corrected chi connectivity index (χ2v) is 7.72. The molecule has 0 aromatic heterocycles. The number of benzene rings is 1. The highest BCUT2D eigenvalue weighted by molar-refractivity contribution is 7.91. The van der Waals surface area contributed by atoms with Crippen LogP contribution in [0.3, 0.4) is 0 Å². The van der Waals surface area contributed by atoms with Crippen LogP contribution in [-0.2, 0) is 14.6 Å². The average Bonchev–Trinajstić information content (AvgIpc) is 2.46. The van der Waals surface area contributed by atoms with Gasteiger partial charge in [-0.05, 0) is 38.4 Å². The SMILES string of the molecule is Cc1ccc(S(=O)(=O)CCN2CCCC(C(=O)O)C2)cc1. The van der Waals surface area contributed by atoms with Crippen LogP contribution in [0.4, 0.5) is 0 Å². The van der Waals surface area contributed by atoms with Gasteiger partial charge in [0.25, 0.3) is 0 Å². The zero-order valence-corrected chi connectivity index (χ0v) is 13.0. The second kappa shape index (κ2) is 6.58. The number of nitrogens with zero attached hydrogens (tertiary/aromatic N) is 1. The van der Waals surface area contributed by atoms with Gasteiger partial charge in [0.2, 0.25) is 0 Å². The first kappa shape index (κ1) is 16.0. The Hall–Kier alpha value is -1.40. The predicted molar refractivity (Wildman–Crippen MR) is 80.0 cm³/mol. The number of aliphatic carboxylic acids is 1. The van der Waals surface area contributed by atoms with Gasteiger partial charge in [-0.25, -0.2) is 8.42 Å². The minimum atomic E-state index is -3.30. The third-order valence-corrected chi connectivity index (χ3v) is 5.62. The number of sulfone groups is 1. The number of likely N-dealkylation sites (tertiary alicyclic amines) is 1. The number of carboxylic acids is 1. The summed E-state index contributed by atoms with van der Waals surface area (Å²) in [7, 11) is -3.30. The van der Waals surface area contributed by atoms with Gasteiger partial charge < -0.3 is 10.0 Å². The molecule has 2 rings (SSSR count). The molecule has 1 aliphatic heterocycles. The van der Waals surface area contributed by atoms with E-state index in [1.807, 2.05) is 11.8 Å². The molecular weight excluding hydrogens is 290 g/mol. The lowest BCUT2D eigenvalue weighted by Crippen LogP contribution is -2.40. The monoisotopic (exact) mass is 311 g/mol. The second-order valence-electron chi connectivity index (χ2n) is 5.61. The molecule has 1 heterocycles. The summed E-state index contributed by atoms with van der Waals surface area (Å²) < 4.78 is 24.5. The van der Waals surface area contributed by atoms with Crippen LogP contribution in [0.1, 0.15) is 18.4 Å². The molecule has 0 aliphatic carbocycles. The maximum absolute atomic E-state index is 12.3. The van der Waals surface area contributed by atoms with Gasteiger partial charge >= 0.3 is 5.97 Å². The van der Waals surface area contributed by atoms with Crippen LogP contribution in [0.15, 0.2) is 29.2 Å². The minimum Gasteiger partial charge on any atom is -0.481 e. The van der Waals surface area contributed by atoms with Gasteiger partial charge in [0.05, 0.1) is 16.6 Å². The third-order valence-electron chi connectivity index (χ3n) is 3.91. The molecule has 1 fully saturated rings. The van der Waals surface area contributed by atoms with E-state index in [9.17, 15) is 13.2 Å². The molecule has 1 N–H and O–H groups in total. The van der Waals surface area contributed by atoms with Crippen molar-refractivity contribution in [3.63, 3.8) is 0 Å². The summed E-state index contributed by atoms with van der Waals surface area (Å²) in [6.07, 6.45) is 1.48. The van der Waals surface area contributed by atoms with Crippen molar-refractivity contribution in [2.45, 2.75) is 24.7 Å². The molecule has 0 spiro atoms. The molecule has 5 nitrogen and oxygen atoms in total. The zero-order valence-electron chi connectivity index (χ0n) is 12.2. The maximum Gasteiger partial charge on any atom is 0.307 e. The van der Waals surface area contributed by atoms with Gasteiger partial charge in [0.1, 0.15) is 0 Å². The standard InChI is InChI=1S/C15H21NO4S/c1-12-4-6-14(7-5-12)21(19,20)10-9-16-8-2-3-13(11-16)15(17)18/h4-7,13H,2-3,8-11H2,1H3,(H,17,18). The Morgan fingerprint density at radius 2 is 2.00 bits per heavy atom. The smallest absolute Gasteiger partial charge is 0.307 e. The van der Waals surface area contributed by atoms with Gasteiger partial charge in [0.15, 0.2) is 9.84 Å². The fourth-order valence-electron chi connectivity index (χ4n) is 2.57. The zero-order chi connectivity index (χ0) is 15.5. The quantitative estimate of drug-likeness (QED) is 0.893. The summed E-state index contributed by atoms with van der Waals surface area (Å²) in [5.74, 6) is -1.13. The lowest BCUT2D eigenvalue weighted by molar-refractivity contribution is -0.143. The van der Waals surface area contributed by atoms with Gasteiger partial charge in [-0.15, -0.1) is 0 Å². The van der Waals surface area contributed by atoms with Gasteiger partial charge in [-0.3, -0.25) is 4.79 Å². The molecular formula is C15H21NO4S. The molecule has 1 aromatic rings. The van der Waals surface area contributed by atoms with Crippen LogP contribution in [-0.4, -0.2) is 49.8 Å². The number of piperidine rings is 1. The Morgan fingerprint density at radius 3 is 2.62 bits per heavy atom. The molecule has 1 aliphatic rings. The van der Waals surface area contributed by atoms with Crippen molar-refractivity contribution in [3.8, 4) is 0 Å². The number of hydrogen-bond donors (Lipinski definition) is 1. The van der Waals surface area contributed by atoms with Crippen molar-refractivity contribution in [1.82, 2.24) is 4.90 Å². The molecule has 1 aromatic carbocycles. The first-order valence-corrected chi connectivity index (χ1v) is 8.78. The van der Waals surface area contributed by atoms with Crippen LogP contribution in [0.2, 0.25) is 0 Å². The first-order valence-electron chi connectivity index (χ1n) is 7.13. The predicted octanol–water partition coefficient (Wildman–Crippen LogP) is 1.57. The van der Waals surface area contributed by atoms with E-state index in [4.69, 9.17) is 5.11 Å². The van der Waals surface area contributed by atoms with E-state index in [0.717, 1.165) is 18.5 Å². The number of hydrogen-bond acceptors (Lipinski definition) is 4. The van der Waals surface area contributed by atoms with Crippen molar-refractivity contribution in [2.24, 2.45) is 5.92 Å². The Kier molecular flexibility index (Phi) is 5.00. The molecule has 21 heavy (non-hydrogen) atoms. The van der Waals surface area contributed by atoms with E-state index in [1.54, 1.807) is 24.3 Å². The topological polar surface area (TPSA) is 74.7 Å².